The SMILES string of the molecule is Cc1cnc(C)c(NCCc2noc(C)n2)n1. The van der Waals surface area contributed by atoms with Crippen molar-refractivity contribution in [1.29, 1.82) is 0 Å². The first-order chi connectivity index (χ1) is 8.15. The molecule has 0 fully saturated rings. The first kappa shape index (κ1) is 11.5. The van der Waals surface area contributed by atoms with Crippen molar-refractivity contribution < 1.29 is 4.52 Å². The summed E-state index contributed by atoms with van der Waals surface area (Å²) in [6, 6.07) is 0. The fraction of sp³-hybridized carbons (Fsp3) is 0.455. The number of nitrogens with one attached hydrogen (secondary N) is 1. The molecule has 6 nitrogen and oxygen atoms in total. The molecular weight excluding hydrogens is 218 g/mol. The Bertz CT molecular complexity index is 508. The van der Waals surface area contributed by atoms with Gasteiger partial charge in [0.15, 0.2) is 5.82 Å². The lowest BCUT2D eigenvalue weighted by Crippen LogP contribution is -2.09. The minimum atomic E-state index is 0.589. The molecule has 0 radical (unpaired) electrons. The summed E-state index contributed by atoms with van der Waals surface area (Å²) in [5.41, 5.74) is 1.79. The lowest BCUT2D eigenvalue weighted by Gasteiger charge is -2.06. The fourth-order valence-corrected chi connectivity index (χ4v) is 1.44. The van der Waals surface area contributed by atoms with Crippen molar-refractivity contribution in [3.05, 3.63) is 29.3 Å². The molecule has 0 saturated heterocycles. The van der Waals surface area contributed by atoms with Crippen LogP contribution in [-0.2, 0) is 6.42 Å². The normalized spacial score (nSPS) is 10.5. The topological polar surface area (TPSA) is 76.7 Å². The van der Waals surface area contributed by atoms with E-state index in [1.54, 1.807) is 13.1 Å². The average molecular weight is 233 g/mol. The van der Waals surface area contributed by atoms with Gasteiger partial charge in [0.2, 0.25) is 5.89 Å². The van der Waals surface area contributed by atoms with Gasteiger partial charge in [0.25, 0.3) is 0 Å². The number of anilines is 1. The quantitative estimate of drug-likeness (QED) is 0.861. The van der Waals surface area contributed by atoms with Gasteiger partial charge in [0, 0.05) is 26.1 Å². The van der Waals surface area contributed by atoms with Crippen LogP contribution in [0.25, 0.3) is 0 Å². The Morgan fingerprint density at radius 2 is 2.06 bits per heavy atom. The summed E-state index contributed by atoms with van der Waals surface area (Å²) in [7, 11) is 0. The van der Waals surface area contributed by atoms with Crippen molar-refractivity contribution in [2.45, 2.75) is 27.2 Å². The summed E-state index contributed by atoms with van der Waals surface area (Å²) in [5, 5.41) is 7.04. The van der Waals surface area contributed by atoms with Crippen LogP contribution in [0.4, 0.5) is 5.82 Å². The van der Waals surface area contributed by atoms with Gasteiger partial charge in [0.1, 0.15) is 5.82 Å². The minimum Gasteiger partial charge on any atom is -0.368 e. The first-order valence-electron chi connectivity index (χ1n) is 5.48. The zero-order chi connectivity index (χ0) is 12.3. The zero-order valence-corrected chi connectivity index (χ0v) is 10.2. The molecule has 0 atom stereocenters. The molecule has 0 aromatic carbocycles. The predicted octanol–water partition coefficient (Wildman–Crippen LogP) is 1.44. The summed E-state index contributed by atoms with van der Waals surface area (Å²) in [6.07, 6.45) is 2.45. The Balaban J connectivity index is 1.91. The van der Waals surface area contributed by atoms with Gasteiger partial charge in [-0.1, -0.05) is 5.16 Å². The number of hydrogen-bond acceptors (Lipinski definition) is 6. The largest absolute Gasteiger partial charge is 0.368 e. The number of nitrogens with zero attached hydrogens (tertiary/aromatic N) is 4. The molecule has 0 aliphatic rings. The Morgan fingerprint density at radius 1 is 1.24 bits per heavy atom. The predicted molar refractivity (Wildman–Crippen MR) is 62.7 cm³/mol. The monoisotopic (exact) mass is 233 g/mol. The van der Waals surface area contributed by atoms with Crippen LogP contribution >= 0.6 is 0 Å². The van der Waals surface area contributed by atoms with Crippen molar-refractivity contribution in [2.75, 3.05) is 11.9 Å². The second kappa shape index (κ2) is 4.90. The standard InChI is InChI=1S/C11H15N5O/c1-7-6-13-8(2)11(14-7)12-5-4-10-15-9(3)17-16-10/h6H,4-5H2,1-3H3,(H,12,14). The lowest BCUT2D eigenvalue weighted by molar-refractivity contribution is 0.387. The lowest BCUT2D eigenvalue weighted by atomic mass is 10.3. The third-order valence-electron chi connectivity index (χ3n) is 2.29. The van der Waals surface area contributed by atoms with Crippen LogP contribution in [0.2, 0.25) is 0 Å². The van der Waals surface area contributed by atoms with Gasteiger partial charge in [-0.25, -0.2) is 4.98 Å². The third-order valence-corrected chi connectivity index (χ3v) is 2.29. The molecule has 0 aliphatic carbocycles. The summed E-state index contributed by atoms with van der Waals surface area (Å²) >= 11 is 0. The minimum absolute atomic E-state index is 0.589. The van der Waals surface area contributed by atoms with E-state index in [1.807, 2.05) is 13.8 Å². The van der Waals surface area contributed by atoms with Crippen LogP contribution < -0.4 is 5.32 Å². The van der Waals surface area contributed by atoms with E-state index < -0.39 is 0 Å². The highest BCUT2D eigenvalue weighted by molar-refractivity contribution is 5.39. The Labute approximate surface area is 99.5 Å². The van der Waals surface area contributed by atoms with Crippen molar-refractivity contribution in [3.63, 3.8) is 0 Å². The summed E-state index contributed by atoms with van der Waals surface area (Å²) < 4.78 is 4.89. The summed E-state index contributed by atoms with van der Waals surface area (Å²) in [6.45, 7) is 6.32. The molecular formula is C11H15N5O. The molecule has 2 rings (SSSR count). The smallest absolute Gasteiger partial charge is 0.223 e. The van der Waals surface area contributed by atoms with E-state index in [2.05, 4.69) is 25.4 Å². The number of hydrogen-bond donors (Lipinski definition) is 1. The van der Waals surface area contributed by atoms with Crippen LogP contribution in [0, 0.1) is 20.8 Å². The molecule has 90 valence electrons. The van der Waals surface area contributed by atoms with Crippen LogP contribution in [0.5, 0.6) is 0 Å². The van der Waals surface area contributed by atoms with Crippen molar-refractivity contribution in [2.24, 2.45) is 0 Å². The molecule has 17 heavy (non-hydrogen) atoms. The molecule has 0 unspecified atom stereocenters. The van der Waals surface area contributed by atoms with Gasteiger partial charge in [0.05, 0.1) is 11.4 Å². The van der Waals surface area contributed by atoms with E-state index in [1.165, 1.54) is 0 Å². The molecule has 2 aromatic rings. The summed E-state index contributed by atoms with van der Waals surface area (Å²) in [5.74, 6) is 2.10. The molecule has 0 saturated carbocycles. The first-order valence-corrected chi connectivity index (χ1v) is 5.48. The maximum absolute atomic E-state index is 4.89. The number of aromatic nitrogens is 4. The van der Waals surface area contributed by atoms with E-state index in [-0.39, 0.29) is 0 Å². The highest BCUT2D eigenvalue weighted by Crippen LogP contribution is 2.08. The molecule has 0 spiro atoms. The molecule has 2 aromatic heterocycles. The average Bonchev–Trinajstić information content (AvgIpc) is 2.69. The molecule has 0 aliphatic heterocycles. The highest BCUT2D eigenvalue weighted by atomic mass is 16.5. The van der Waals surface area contributed by atoms with E-state index in [4.69, 9.17) is 4.52 Å². The zero-order valence-electron chi connectivity index (χ0n) is 10.2. The van der Waals surface area contributed by atoms with Gasteiger partial charge in [-0.15, -0.1) is 0 Å². The number of rotatable bonds is 4. The van der Waals surface area contributed by atoms with Crippen LogP contribution in [0.1, 0.15) is 23.1 Å². The molecule has 2 heterocycles. The third kappa shape index (κ3) is 2.99. The highest BCUT2D eigenvalue weighted by Gasteiger charge is 2.04. The molecule has 6 heteroatoms. The summed E-state index contributed by atoms with van der Waals surface area (Å²) in [4.78, 5) is 12.7. The molecule has 1 N–H and O–H groups in total. The Morgan fingerprint density at radius 3 is 2.76 bits per heavy atom. The van der Waals surface area contributed by atoms with E-state index in [0.717, 1.165) is 17.2 Å². The van der Waals surface area contributed by atoms with Crippen LogP contribution in [0.3, 0.4) is 0 Å². The van der Waals surface area contributed by atoms with Gasteiger partial charge >= 0.3 is 0 Å². The second-order valence-electron chi connectivity index (χ2n) is 3.85. The number of aryl methyl sites for hydroxylation is 3. The van der Waals surface area contributed by atoms with E-state index in [9.17, 15) is 0 Å². The van der Waals surface area contributed by atoms with Gasteiger partial charge < -0.3 is 9.84 Å². The van der Waals surface area contributed by atoms with E-state index in [0.29, 0.717) is 24.7 Å². The van der Waals surface area contributed by atoms with Crippen LogP contribution in [0.15, 0.2) is 10.7 Å². The molecule has 0 amide bonds. The maximum Gasteiger partial charge on any atom is 0.223 e. The van der Waals surface area contributed by atoms with Crippen LogP contribution in [-0.4, -0.2) is 26.7 Å². The van der Waals surface area contributed by atoms with Crippen molar-refractivity contribution in [1.82, 2.24) is 20.1 Å². The fourth-order valence-electron chi connectivity index (χ4n) is 1.44. The van der Waals surface area contributed by atoms with Crippen molar-refractivity contribution in [3.8, 4) is 0 Å². The second-order valence-corrected chi connectivity index (χ2v) is 3.85. The Hall–Kier alpha value is -1.98. The van der Waals surface area contributed by atoms with Gasteiger partial charge in [-0.3, -0.25) is 4.98 Å². The van der Waals surface area contributed by atoms with Gasteiger partial charge in [-0.05, 0) is 13.8 Å². The van der Waals surface area contributed by atoms with Gasteiger partial charge in [-0.2, -0.15) is 4.98 Å². The maximum atomic E-state index is 4.89. The van der Waals surface area contributed by atoms with Crippen molar-refractivity contribution >= 4 is 5.82 Å². The van der Waals surface area contributed by atoms with E-state index >= 15 is 0 Å². The molecule has 0 bridgehead atoms. The Kier molecular flexibility index (Phi) is 3.32.